The number of morpholine rings is 1. The average Bonchev–Trinajstić information content (AvgIpc) is 3.16. The first kappa shape index (κ1) is 16.9. The second-order valence-electron chi connectivity index (χ2n) is 6.08. The van der Waals surface area contributed by atoms with Crippen molar-refractivity contribution in [1.29, 1.82) is 0 Å². The number of halogens is 1. The minimum Gasteiger partial charge on any atom is -0.454 e. The Morgan fingerprint density at radius 1 is 1.08 bits per heavy atom. The molecule has 2 aromatic carbocycles. The molecule has 1 saturated heterocycles. The van der Waals surface area contributed by atoms with Gasteiger partial charge < -0.3 is 19.1 Å². The lowest BCUT2D eigenvalue weighted by Gasteiger charge is -2.28. The maximum absolute atomic E-state index is 12.4. The van der Waals surface area contributed by atoms with Gasteiger partial charge in [0.25, 0.3) is 0 Å². The van der Waals surface area contributed by atoms with Crippen molar-refractivity contribution in [2.45, 2.75) is 0 Å². The average molecular weight is 372 g/mol. The number of carbonyl (C=O) groups excluding carboxylic acids is 1. The van der Waals surface area contributed by atoms with Gasteiger partial charge in [-0.05, 0) is 48.0 Å². The number of anilines is 1. The number of hydrogen-bond donors (Lipinski definition) is 0. The zero-order chi connectivity index (χ0) is 17.9. The summed E-state index contributed by atoms with van der Waals surface area (Å²) in [7, 11) is 0. The van der Waals surface area contributed by atoms with Crippen molar-refractivity contribution in [2.75, 3.05) is 38.0 Å². The standard InChI is InChI=1S/C20H18ClNO4/c21-17-11-14(12-19-20(17)26-13-25-19)1-6-18(23)15-2-4-16(5-3-15)22-7-9-24-10-8-22/h1-6,11-12H,7-10,13H2/b6-1+. The minimum absolute atomic E-state index is 0.0627. The lowest BCUT2D eigenvalue weighted by atomic mass is 10.1. The van der Waals surface area contributed by atoms with Crippen LogP contribution in [0.5, 0.6) is 11.5 Å². The highest BCUT2D eigenvalue weighted by atomic mass is 35.5. The van der Waals surface area contributed by atoms with E-state index in [9.17, 15) is 4.79 Å². The van der Waals surface area contributed by atoms with E-state index in [4.69, 9.17) is 25.8 Å². The van der Waals surface area contributed by atoms with E-state index in [2.05, 4.69) is 4.90 Å². The first-order chi connectivity index (χ1) is 12.7. The van der Waals surface area contributed by atoms with Gasteiger partial charge in [-0.2, -0.15) is 0 Å². The number of allylic oxidation sites excluding steroid dienone is 1. The molecule has 134 valence electrons. The molecule has 0 bridgehead atoms. The van der Waals surface area contributed by atoms with E-state index in [0.717, 1.165) is 37.6 Å². The van der Waals surface area contributed by atoms with Crippen molar-refractivity contribution in [3.63, 3.8) is 0 Å². The van der Waals surface area contributed by atoms with E-state index >= 15 is 0 Å². The third kappa shape index (κ3) is 3.54. The van der Waals surface area contributed by atoms with Gasteiger partial charge in [-0.15, -0.1) is 0 Å². The van der Waals surface area contributed by atoms with E-state index in [0.29, 0.717) is 22.1 Å². The molecule has 5 nitrogen and oxygen atoms in total. The number of benzene rings is 2. The molecule has 0 unspecified atom stereocenters. The molecule has 0 N–H and O–H groups in total. The fourth-order valence-electron chi connectivity index (χ4n) is 3.01. The van der Waals surface area contributed by atoms with Gasteiger partial charge in [0, 0.05) is 24.3 Å². The zero-order valence-electron chi connectivity index (χ0n) is 14.1. The van der Waals surface area contributed by atoms with E-state index in [1.54, 1.807) is 18.2 Å². The third-order valence-corrected chi connectivity index (χ3v) is 4.69. The van der Waals surface area contributed by atoms with Crippen LogP contribution in [0.25, 0.3) is 6.08 Å². The number of nitrogens with zero attached hydrogens (tertiary/aromatic N) is 1. The van der Waals surface area contributed by atoms with Crippen molar-refractivity contribution in [3.8, 4) is 11.5 Å². The number of rotatable bonds is 4. The summed E-state index contributed by atoms with van der Waals surface area (Å²) in [4.78, 5) is 14.7. The fourth-order valence-corrected chi connectivity index (χ4v) is 3.28. The molecule has 2 aromatic rings. The van der Waals surface area contributed by atoms with Gasteiger partial charge in [-0.25, -0.2) is 0 Å². The van der Waals surface area contributed by atoms with Gasteiger partial charge in [0.2, 0.25) is 6.79 Å². The smallest absolute Gasteiger partial charge is 0.231 e. The van der Waals surface area contributed by atoms with Gasteiger partial charge >= 0.3 is 0 Å². The van der Waals surface area contributed by atoms with Crippen LogP contribution < -0.4 is 14.4 Å². The summed E-state index contributed by atoms with van der Waals surface area (Å²) in [6.45, 7) is 3.38. The molecule has 0 spiro atoms. The molecule has 0 amide bonds. The van der Waals surface area contributed by atoms with Crippen molar-refractivity contribution in [2.24, 2.45) is 0 Å². The van der Waals surface area contributed by atoms with Crippen molar-refractivity contribution in [3.05, 3.63) is 58.6 Å². The minimum atomic E-state index is -0.0627. The number of hydrogen-bond acceptors (Lipinski definition) is 5. The Hall–Kier alpha value is -2.50. The van der Waals surface area contributed by atoms with Crippen LogP contribution in [-0.2, 0) is 4.74 Å². The zero-order valence-corrected chi connectivity index (χ0v) is 14.9. The van der Waals surface area contributed by atoms with Crippen LogP contribution in [0.3, 0.4) is 0 Å². The molecule has 0 aliphatic carbocycles. The van der Waals surface area contributed by atoms with Crippen LogP contribution in [0.4, 0.5) is 5.69 Å². The molecule has 6 heteroatoms. The number of fused-ring (bicyclic) bond motifs is 1. The van der Waals surface area contributed by atoms with Crippen molar-refractivity contribution in [1.82, 2.24) is 0 Å². The first-order valence-corrected chi connectivity index (χ1v) is 8.83. The Morgan fingerprint density at radius 2 is 1.85 bits per heavy atom. The summed E-state index contributed by atoms with van der Waals surface area (Å²) in [5.74, 6) is 1.08. The number of ether oxygens (including phenoxy) is 3. The summed E-state index contributed by atoms with van der Waals surface area (Å²) in [5.41, 5.74) is 2.54. The molecule has 26 heavy (non-hydrogen) atoms. The molecule has 4 rings (SSSR count). The van der Waals surface area contributed by atoms with Crippen LogP contribution in [0.2, 0.25) is 5.02 Å². The van der Waals surface area contributed by atoms with Crippen LogP contribution in [0, 0.1) is 0 Å². The van der Waals surface area contributed by atoms with Crippen molar-refractivity contribution >= 4 is 29.1 Å². The Morgan fingerprint density at radius 3 is 2.62 bits per heavy atom. The molecular weight excluding hydrogens is 354 g/mol. The van der Waals surface area contributed by atoms with E-state index in [1.165, 1.54) is 6.08 Å². The summed E-state index contributed by atoms with van der Waals surface area (Å²) in [6, 6.07) is 11.2. The van der Waals surface area contributed by atoms with Gasteiger partial charge in [-0.1, -0.05) is 17.7 Å². The Labute approximate surface area is 156 Å². The highest BCUT2D eigenvalue weighted by Gasteiger charge is 2.17. The molecule has 0 atom stereocenters. The molecule has 2 heterocycles. The lowest BCUT2D eigenvalue weighted by Crippen LogP contribution is -2.36. The normalized spacial score (nSPS) is 16.3. The summed E-state index contributed by atoms with van der Waals surface area (Å²) < 4.78 is 16.0. The number of ketones is 1. The molecule has 1 fully saturated rings. The van der Waals surface area contributed by atoms with Crippen LogP contribution >= 0.6 is 11.6 Å². The molecule has 2 aliphatic rings. The van der Waals surface area contributed by atoms with Crippen LogP contribution in [-0.4, -0.2) is 38.9 Å². The fraction of sp³-hybridized carbons (Fsp3) is 0.250. The van der Waals surface area contributed by atoms with Crippen LogP contribution in [0.1, 0.15) is 15.9 Å². The molecular formula is C20H18ClNO4. The van der Waals surface area contributed by atoms with Gasteiger partial charge in [-0.3, -0.25) is 4.79 Å². The SMILES string of the molecule is O=C(/C=C/c1cc(Cl)c2c(c1)OCO2)c1ccc(N2CCOCC2)cc1. The highest BCUT2D eigenvalue weighted by Crippen LogP contribution is 2.40. The Kier molecular flexibility index (Phi) is 4.82. The molecule has 0 radical (unpaired) electrons. The predicted molar refractivity (Wildman–Crippen MR) is 100 cm³/mol. The predicted octanol–water partition coefficient (Wildman–Crippen LogP) is 3.80. The molecule has 0 saturated carbocycles. The maximum Gasteiger partial charge on any atom is 0.231 e. The van der Waals surface area contributed by atoms with E-state index < -0.39 is 0 Å². The first-order valence-electron chi connectivity index (χ1n) is 8.45. The Bertz CT molecular complexity index is 842. The molecule has 0 aromatic heterocycles. The van der Waals surface area contributed by atoms with Gasteiger partial charge in [0.15, 0.2) is 17.3 Å². The van der Waals surface area contributed by atoms with Gasteiger partial charge in [0.05, 0.1) is 18.2 Å². The molecule has 2 aliphatic heterocycles. The number of carbonyl (C=O) groups is 1. The topological polar surface area (TPSA) is 48.0 Å². The second-order valence-corrected chi connectivity index (χ2v) is 6.49. The maximum atomic E-state index is 12.4. The summed E-state index contributed by atoms with van der Waals surface area (Å²) >= 11 is 6.16. The third-order valence-electron chi connectivity index (χ3n) is 4.40. The highest BCUT2D eigenvalue weighted by molar-refractivity contribution is 6.32. The van der Waals surface area contributed by atoms with E-state index in [-0.39, 0.29) is 12.6 Å². The monoisotopic (exact) mass is 371 g/mol. The Balaban J connectivity index is 1.46. The van der Waals surface area contributed by atoms with Crippen molar-refractivity contribution < 1.29 is 19.0 Å². The summed E-state index contributed by atoms with van der Waals surface area (Å²) in [6.07, 6.45) is 3.27. The van der Waals surface area contributed by atoms with Gasteiger partial charge in [0.1, 0.15) is 0 Å². The van der Waals surface area contributed by atoms with Crippen LogP contribution in [0.15, 0.2) is 42.5 Å². The van der Waals surface area contributed by atoms with E-state index in [1.807, 2.05) is 24.3 Å². The quantitative estimate of drug-likeness (QED) is 0.604. The lowest BCUT2D eigenvalue weighted by molar-refractivity contribution is 0.104. The largest absolute Gasteiger partial charge is 0.454 e. The summed E-state index contributed by atoms with van der Waals surface area (Å²) in [5, 5.41) is 0.474. The second kappa shape index (κ2) is 7.40.